The molecule has 1 aromatic rings. The van der Waals surface area contributed by atoms with Gasteiger partial charge < -0.3 is 5.32 Å². The van der Waals surface area contributed by atoms with E-state index in [2.05, 4.69) is 5.32 Å². The molecule has 0 radical (unpaired) electrons. The van der Waals surface area contributed by atoms with Crippen LogP contribution in [0.4, 0.5) is 0 Å². The van der Waals surface area contributed by atoms with Gasteiger partial charge in [-0.1, -0.05) is 0 Å². The summed E-state index contributed by atoms with van der Waals surface area (Å²) in [6, 6.07) is 3.50. The standard InChI is InChI=1S/C17H22N2O3S/c20-15(19-22)14-2-1-13(23-14)9-18-16(21)17-6-10-3-11(7-17)5-12(4-10)8-17/h1-2,10-12,22H,3-9H2,(H,18,21)(H,19,20). The van der Waals surface area contributed by atoms with Crippen LogP contribution in [0.2, 0.25) is 0 Å². The molecule has 4 bridgehead atoms. The van der Waals surface area contributed by atoms with Gasteiger partial charge in [0, 0.05) is 10.3 Å². The molecule has 0 spiro atoms. The van der Waals surface area contributed by atoms with Gasteiger partial charge in [0.05, 0.1) is 11.4 Å². The zero-order valence-electron chi connectivity index (χ0n) is 13.0. The van der Waals surface area contributed by atoms with E-state index in [1.807, 2.05) is 6.07 Å². The van der Waals surface area contributed by atoms with E-state index in [-0.39, 0.29) is 11.3 Å². The minimum absolute atomic E-state index is 0.128. The highest BCUT2D eigenvalue weighted by Crippen LogP contribution is 2.60. The van der Waals surface area contributed by atoms with Crippen molar-refractivity contribution in [1.82, 2.24) is 10.8 Å². The zero-order valence-corrected chi connectivity index (χ0v) is 13.8. The monoisotopic (exact) mass is 334 g/mol. The van der Waals surface area contributed by atoms with Crippen molar-refractivity contribution in [1.29, 1.82) is 0 Å². The summed E-state index contributed by atoms with van der Waals surface area (Å²) in [6.45, 7) is 0.462. The van der Waals surface area contributed by atoms with Crippen molar-refractivity contribution < 1.29 is 14.8 Å². The Labute approximate surface area is 139 Å². The summed E-state index contributed by atoms with van der Waals surface area (Å²) in [5, 5.41) is 11.8. The van der Waals surface area contributed by atoms with Crippen molar-refractivity contribution in [2.75, 3.05) is 0 Å². The Balaban J connectivity index is 1.40. The first-order chi connectivity index (χ1) is 11.1. The third-order valence-electron chi connectivity index (χ3n) is 5.93. The summed E-state index contributed by atoms with van der Waals surface area (Å²) < 4.78 is 0. The van der Waals surface area contributed by atoms with Crippen LogP contribution in [0.5, 0.6) is 0 Å². The summed E-state index contributed by atoms with van der Waals surface area (Å²) in [7, 11) is 0. The molecular weight excluding hydrogens is 312 g/mol. The Kier molecular flexibility index (Phi) is 3.69. The Morgan fingerprint density at radius 2 is 1.74 bits per heavy atom. The molecule has 4 fully saturated rings. The van der Waals surface area contributed by atoms with Crippen LogP contribution in [0.15, 0.2) is 12.1 Å². The van der Waals surface area contributed by atoms with E-state index in [0.29, 0.717) is 11.4 Å². The van der Waals surface area contributed by atoms with E-state index in [1.165, 1.54) is 30.6 Å². The Morgan fingerprint density at radius 1 is 1.13 bits per heavy atom. The van der Waals surface area contributed by atoms with Gasteiger partial charge in [-0.3, -0.25) is 14.8 Å². The molecule has 1 aromatic heterocycles. The Bertz CT molecular complexity index is 604. The molecule has 23 heavy (non-hydrogen) atoms. The fourth-order valence-corrected chi connectivity index (χ4v) is 6.23. The summed E-state index contributed by atoms with van der Waals surface area (Å²) >= 11 is 1.30. The molecule has 0 aromatic carbocycles. The van der Waals surface area contributed by atoms with Crippen LogP contribution in [0.3, 0.4) is 0 Å². The fourth-order valence-electron chi connectivity index (χ4n) is 5.39. The van der Waals surface area contributed by atoms with Gasteiger partial charge in [0.25, 0.3) is 5.91 Å². The largest absolute Gasteiger partial charge is 0.351 e. The molecule has 4 saturated carbocycles. The van der Waals surface area contributed by atoms with Crippen molar-refractivity contribution in [3.8, 4) is 0 Å². The number of carbonyl (C=O) groups is 2. The van der Waals surface area contributed by atoms with E-state index >= 15 is 0 Å². The molecule has 2 amide bonds. The van der Waals surface area contributed by atoms with E-state index in [0.717, 1.165) is 41.9 Å². The second kappa shape index (κ2) is 5.60. The smallest absolute Gasteiger partial charge is 0.284 e. The molecule has 0 aliphatic heterocycles. The van der Waals surface area contributed by atoms with Crippen molar-refractivity contribution in [3.05, 3.63) is 21.9 Å². The molecule has 3 N–H and O–H groups in total. The number of hydrogen-bond acceptors (Lipinski definition) is 4. The van der Waals surface area contributed by atoms with E-state index in [4.69, 9.17) is 5.21 Å². The molecule has 4 aliphatic rings. The van der Waals surface area contributed by atoms with Gasteiger partial charge in [0.1, 0.15) is 0 Å². The molecule has 6 heteroatoms. The zero-order chi connectivity index (χ0) is 16.0. The molecule has 5 rings (SSSR count). The molecule has 4 aliphatic carbocycles. The Morgan fingerprint density at radius 3 is 2.30 bits per heavy atom. The number of rotatable bonds is 4. The van der Waals surface area contributed by atoms with Gasteiger partial charge in [0.15, 0.2) is 0 Å². The van der Waals surface area contributed by atoms with Crippen LogP contribution < -0.4 is 10.8 Å². The first-order valence-electron chi connectivity index (χ1n) is 8.39. The predicted molar refractivity (Wildman–Crippen MR) is 86.0 cm³/mol. The second-order valence-electron chi connectivity index (χ2n) is 7.59. The average molecular weight is 334 g/mol. The van der Waals surface area contributed by atoms with Crippen LogP contribution in [0.25, 0.3) is 0 Å². The highest BCUT2D eigenvalue weighted by molar-refractivity contribution is 7.14. The lowest BCUT2D eigenvalue weighted by Crippen LogP contribution is -2.53. The van der Waals surface area contributed by atoms with Crippen LogP contribution in [-0.4, -0.2) is 17.0 Å². The molecular formula is C17H22N2O3S. The van der Waals surface area contributed by atoms with Gasteiger partial charge in [-0.15, -0.1) is 11.3 Å². The average Bonchev–Trinajstić information content (AvgIpc) is 2.99. The SMILES string of the molecule is O=C(NO)c1ccc(CNC(=O)C23CC4CC(CC(C4)C2)C3)s1. The number of carbonyl (C=O) groups excluding carboxylic acids is 2. The molecule has 0 unspecified atom stereocenters. The summed E-state index contributed by atoms with van der Waals surface area (Å²) in [6.07, 6.45) is 7.18. The predicted octanol–water partition coefficient (Wildman–Crippen LogP) is 2.70. The van der Waals surface area contributed by atoms with Gasteiger partial charge in [-0.05, 0) is 68.4 Å². The maximum atomic E-state index is 12.8. The van der Waals surface area contributed by atoms with E-state index < -0.39 is 5.91 Å². The van der Waals surface area contributed by atoms with Crippen LogP contribution in [0, 0.1) is 23.2 Å². The lowest BCUT2D eigenvalue weighted by atomic mass is 9.49. The van der Waals surface area contributed by atoms with Gasteiger partial charge in [-0.2, -0.15) is 0 Å². The topological polar surface area (TPSA) is 78.4 Å². The molecule has 5 nitrogen and oxygen atoms in total. The second-order valence-corrected chi connectivity index (χ2v) is 8.76. The van der Waals surface area contributed by atoms with Crippen LogP contribution in [0.1, 0.15) is 53.1 Å². The van der Waals surface area contributed by atoms with Crippen molar-refractivity contribution in [2.45, 2.75) is 45.1 Å². The third-order valence-corrected chi connectivity index (χ3v) is 7.01. The van der Waals surface area contributed by atoms with Crippen molar-refractivity contribution in [2.24, 2.45) is 23.2 Å². The van der Waals surface area contributed by atoms with Gasteiger partial charge in [0.2, 0.25) is 5.91 Å². The summed E-state index contributed by atoms with van der Waals surface area (Å²) in [4.78, 5) is 25.6. The third kappa shape index (κ3) is 2.68. The lowest BCUT2D eigenvalue weighted by Gasteiger charge is -2.55. The van der Waals surface area contributed by atoms with Gasteiger partial charge >= 0.3 is 0 Å². The minimum atomic E-state index is -0.506. The number of amides is 2. The van der Waals surface area contributed by atoms with Gasteiger partial charge in [-0.25, -0.2) is 5.48 Å². The molecule has 0 saturated heterocycles. The highest BCUT2D eigenvalue weighted by Gasteiger charge is 2.54. The van der Waals surface area contributed by atoms with E-state index in [1.54, 1.807) is 11.5 Å². The first-order valence-corrected chi connectivity index (χ1v) is 9.21. The highest BCUT2D eigenvalue weighted by atomic mass is 32.1. The molecule has 1 heterocycles. The maximum Gasteiger partial charge on any atom is 0.284 e. The Hall–Kier alpha value is -1.40. The molecule has 0 atom stereocenters. The summed E-state index contributed by atoms with van der Waals surface area (Å²) in [5.41, 5.74) is 1.50. The van der Waals surface area contributed by atoms with Crippen molar-refractivity contribution >= 4 is 23.2 Å². The fraction of sp³-hybridized carbons (Fsp3) is 0.647. The quantitative estimate of drug-likeness (QED) is 0.585. The summed E-state index contributed by atoms with van der Waals surface area (Å²) in [5.74, 6) is 1.97. The number of hydroxylamine groups is 1. The number of thiophene rings is 1. The first kappa shape index (κ1) is 15.1. The maximum absolute atomic E-state index is 12.8. The van der Waals surface area contributed by atoms with Crippen LogP contribution >= 0.6 is 11.3 Å². The molecule has 124 valence electrons. The normalized spacial score (nSPS) is 34.4. The number of hydrogen-bond donors (Lipinski definition) is 3. The van der Waals surface area contributed by atoms with Crippen molar-refractivity contribution in [3.63, 3.8) is 0 Å². The lowest BCUT2D eigenvalue weighted by molar-refractivity contribution is -0.146. The van der Waals surface area contributed by atoms with Crippen LogP contribution in [-0.2, 0) is 11.3 Å². The minimum Gasteiger partial charge on any atom is -0.351 e. The van der Waals surface area contributed by atoms with E-state index in [9.17, 15) is 9.59 Å². The number of nitrogens with one attached hydrogen (secondary N) is 2.